The number of fused-ring (bicyclic) bond motifs is 3. The number of para-hydroxylation sites is 1. The van der Waals surface area contributed by atoms with Crippen molar-refractivity contribution in [3.05, 3.63) is 76.5 Å². The first-order valence-corrected chi connectivity index (χ1v) is 13.1. The van der Waals surface area contributed by atoms with Crippen LogP contribution in [-0.2, 0) is 14.9 Å². The van der Waals surface area contributed by atoms with E-state index in [1.807, 2.05) is 30.0 Å². The molecule has 2 fully saturated rings. The van der Waals surface area contributed by atoms with Crippen molar-refractivity contribution in [3.63, 3.8) is 0 Å². The standard InChI is InChI=1S/C27H27N5O2S/c33-26-27(20-3-1-2-4-23(20)29-26)14-21(27)17-5-7-19-22(30-31-24(19)13-17)8-6-18-16-35-25(28-18)15-32-9-11-34-12-10-32/h1-8,13,16,21,25,28H,9-12,14-15H2,(H,29,33)(H,30,31)/b8-6+/t21-,25?,27-/m0/s1. The minimum absolute atomic E-state index is 0.124. The van der Waals surface area contributed by atoms with Crippen molar-refractivity contribution in [3.8, 4) is 0 Å². The Kier molecular flexibility index (Phi) is 5.01. The molecule has 3 atom stereocenters. The number of rotatable bonds is 5. The highest BCUT2D eigenvalue weighted by atomic mass is 32.2. The number of thioether (sulfide) groups is 1. The van der Waals surface area contributed by atoms with E-state index in [0.29, 0.717) is 5.37 Å². The molecule has 1 amide bonds. The molecule has 1 unspecified atom stereocenters. The fourth-order valence-electron chi connectivity index (χ4n) is 5.73. The van der Waals surface area contributed by atoms with Crippen LogP contribution in [-0.4, -0.2) is 59.2 Å². The van der Waals surface area contributed by atoms with Crippen molar-refractivity contribution >= 4 is 40.3 Å². The van der Waals surface area contributed by atoms with Gasteiger partial charge in [0.25, 0.3) is 0 Å². The number of hydrogen-bond acceptors (Lipinski definition) is 6. The second-order valence-electron chi connectivity index (χ2n) is 9.73. The highest BCUT2D eigenvalue weighted by molar-refractivity contribution is 8.03. The van der Waals surface area contributed by atoms with Crippen LogP contribution in [0.1, 0.15) is 29.2 Å². The Hall–Kier alpha value is -3.07. The molecule has 3 N–H and O–H groups in total. The lowest BCUT2D eigenvalue weighted by Crippen LogP contribution is -2.42. The lowest BCUT2D eigenvalue weighted by atomic mass is 9.92. The summed E-state index contributed by atoms with van der Waals surface area (Å²) in [5, 5.41) is 18.1. The van der Waals surface area contributed by atoms with E-state index in [1.54, 1.807) is 0 Å². The van der Waals surface area contributed by atoms with E-state index in [9.17, 15) is 4.79 Å². The normalized spacial score (nSPS) is 27.9. The molecule has 0 radical (unpaired) electrons. The number of amides is 1. The van der Waals surface area contributed by atoms with Crippen LogP contribution in [0, 0.1) is 0 Å². The largest absolute Gasteiger partial charge is 0.379 e. The first-order chi connectivity index (χ1) is 17.2. The Morgan fingerprint density at radius 1 is 1.17 bits per heavy atom. The van der Waals surface area contributed by atoms with Gasteiger partial charge in [0.15, 0.2) is 0 Å². The molecule has 178 valence electrons. The molecule has 1 aromatic heterocycles. The number of morpholine rings is 1. The quantitative estimate of drug-likeness (QED) is 0.510. The van der Waals surface area contributed by atoms with Gasteiger partial charge in [-0.25, -0.2) is 0 Å². The Morgan fingerprint density at radius 2 is 2.06 bits per heavy atom. The van der Waals surface area contributed by atoms with Gasteiger partial charge in [0, 0.05) is 42.3 Å². The number of hydrogen-bond donors (Lipinski definition) is 3. The van der Waals surface area contributed by atoms with E-state index in [0.717, 1.165) is 72.8 Å². The zero-order chi connectivity index (χ0) is 23.4. The van der Waals surface area contributed by atoms with Crippen LogP contribution in [0.3, 0.4) is 0 Å². The molecule has 0 bridgehead atoms. The van der Waals surface area contributed by atoms with Crippen molar-refractivity contribution in [1.29, 1.82) is 0 Å². The summed E-state index contributed by atoms with van der Waals surface area (Å²) in [6.07, 6.45) is 5.02. The zero-order valence-electron chi connectivity index (χ0n) is 19.3. The molecule has 3 aromatic rings. The number of aromatic nitrogens is 2. The van der Waals surface area contributed by atoms with Gasteiger partial charge in [-0.1, -0.05) is 30.3 Å². The summed E-state index contributed by atoms with van der Waals surface area (Å²) < 4.78 is 5.45. The third-order valence-electron chi connectivity index (χ3n) is 7.68. The zero-order valence-corrected chi connectivity index (χ0v) is 20.1. The number of benzene rings is 2. The Morgan fingerprint density at radius 3 is 2.97 bits per heavy atom. The number of anilines is 1. The lowest BCUT2D eigenvalue weighted by molar-refractivity contribution is -0.118. The van der Waals surface area contributed by atoms with Gasteiger partial charge in [-0.3, -0.25) is 14.8 Å². The average Bonchev–Trinajstić information content (AvgIpc) is 3.12. The van der Waals surface area contributed by atoms with Crippen molar-refractivity contribution in [2.75, 3.05) is 38.2 Å². The first-order valence-electron chi connectivity index (χ1n) is 12.2. The number of nitrogens with zero attached hydrogens (tertiary/aromatic N) is 2. The summed E-state index contributed by atoms with van der Waals surface area (Å²) in [7, 11) is 0. The molecule has 4 heterocycles. The molecule has 7 nitrogen and oxygen atoms in total. The molecule has 8 heteroatoms. The Bertz CT molecular complexity index is 1370. The number of H-pyrrole nitrogens is 1. The van der Waals surface area contributed by atoms with Crippen LogP contribution in [0.5, 0.6) is 0 Å². The maximum absolute atomic E-state index is 12.9. The number of carbonyl (C=O) groups is 1. The number of nitrogens with one attached hydrogen (secondary N) is 3. The van der Waals surface area contributed by atoms with Crippen molar-refractivity contribution in [2.45, 2.75) is 23.1 Å². The van der Waals surface area contributed by atoms with Gasteiger partial charge < -0.3 is 15.4 Å². The summed E-state index contributed by atoms with van der Waals surface area (Å²) in [4.78, 5) is 15.3. The summed E-state index contributed by atoms with van der Waals surface area (Å²) in [5.74, 6) is 0.324. The molecule has 35 heavy (non-hydrogen) atoms. The number of allylic oxidation sites excluding steroid dienone is 1. The molecular weight excluding hydrogens is 458 g/mol. The van der Waals surface area contributed by atoms with Crippen LogP contribution in [0.15, 0.2) is 59.6 Å². The maximum Gasteiger partial charge on any atom is 0.235 e. The lowest BCUT2D eigenvalue weighted by Gasteiger charge is -2.28. The van der Waals surface area contributed by atoms with Gasteiger partial charge in [-0.05, 0) is 47.2 Å². The second-order valence-corrected chi connectivity index (χ2v) is 10.8. The Labute approximate surface area is 208 Å². The summed E-state index contributed by atoms with van der Waals surface area (Å²) in [5.41, 5.74) is 5.90. The highest BCUT2D eigenvalue weighted by Crippen LogP contribution is 2.64. The number of ether oxygens (including phenoxy) is 1. The predicted molar refractivity (Wildman–Crippen MR) is 139 cm³/mol. The van der Waals surface area contributed by atoms with Crippen LogP contribution in [0.2, 0.25) is 0 Å². The van der Waals surface area contributed by atoms with E-state index >= 15 is 0 Å². The van der Waals surface area contributed by atoms with Gasteiger partial charge >= 0.3 is 0 Å². The first kappa shape index (κ1) is 21.2. The highest BCUT2D eigenvalue weighted by Gasteiger charge is 2.65. The second kappa shape index (κ2) is 8.26. The SMILES string of the molecule is O=C1Nc2ccccc2[C@]12C[C@H]2c1ccc2c(/C=C/C3=CSC(CN4CCOCC4)N3)n[nH]c2c1. The minimum Gasteiger partial charge on any atom is -0.379 e. The summed E-state index contributed by atoms with van der Waals surface area (Å²) in [6.45, 7) is 4.68. The maximum atomic E-state index is 12.9. The van der Waals surface area contributed by atoms with Crippen LogP contribution < -0.4 is 10.6 Å². The molecule has 1 saturated heterocycles. The van der Waals surface area contributed by atoms with E-state index < -0.39 is 5.41 Å². The molecule has 4 aliphatic rings. The molecule has 3 aliphatic heterocycles. The smallest absolute Gasteiger partial charge is 0.235 e. The third-order valence-corrected chi connectivity index (χ3v) is 8.66. The molecule has 1 spiro atoms. The molecule has 2 aromatic carbocycles. The Balaban J connectivity index is 1.05. The van der Waals surface area contributed by atoms with Gasteiger partial charge in [0.05, 0.1) is 35.2 Å². The van der Waals surface area contributed by atoms with Crippen LogP contribution in [0.4, 0.5) is 5.69 Å². The van der Waals surface area contributed by atoms with E-state index in [1.165, 1.54) is 5.56 Å². The molecule has 7 rings (SSSR count). The van der Waals surface area contributed by atoms with Crippen LogP contribution in [0.25, 0.3) is 17.0 Å². The number of aromatic amines is 1. The fourth-order valence-corrected chi connectivity index (χ4v) is 6.68. The third kappa shape index (κ3) is 3.59. The predicted octanol–water partition coefficient (Wildman–Crippen LogP) is 3.79. The fraction of sp³-hybridized carbons (Fsp3) is 0.333. The average molecular weight is 486 g/mol. The summed E-state index contributed by atoms with van der Waals surface area (Å²) >= 11 is 1.83. The van der Waals surface area contributed by atoms with Crippen molar-refractivity contribution in [1.82, 2.24) is 20.4 Å². The van der Waals surface area contributed by atoms with E-state index in [-0.39, 0.29) is 11.8 Å². The minimum atomic E-state index is -0.414. The molecule has 1 aliphatic carbocycles. The summed E-state index contributed by atoms with van der Waals surface area (Å²) in [6, 6.07) is 14.5. The topological polar surface area (TPSA) is 82.3 Å². The van der Waals surface area contributed by atoms with Gasteiger partial charge in [0.2, 0.25) is 5.91 Å². The number of carbonyl (C=O) groups excluding carboxylic acids is 1. The monoisotopic (exact) mass is 485 g/mol. The van der Waals surface area contributed by atoms with Gasteiger partial charge in [-0.15, -0.1) is 11.8 Å². The van der Waals surface area contributed by atoms with Crippen molar-refractivity contribution < 1.29 is 9.53 Å². The molecular formula is C27H27N5O2S. The van der Waals surface area contributed by atoms with E-state index in [2.05, 4.69) is 67.6 Å². The van der Waals surface area contributed by atoms with Crippen LogP contribution >= 0.6 is 11.8 Å². The van der Waals surface area contributed by atoms with Gasteiger partial charge in [-0.2, -0.15) is 5.10 Å². The van der Waals surface area contributed by atoms with E-state index in [4.69, 9.17) is 4.74 Å². The molecule has 1 saturated carbocycles. The van der Waals surface area contributed by atoms with Crippen molar-refractivity contribution in [2.24, 2.45) is 0 Å². The van der Waals surface area contributed by atoms with Gasteiger partial charge in [0.1, 0.15) is 0 Å².